The van der Waals surface area contributed by atoms with Crippen molar-refractivity contribution < 1.29 is 18.3 Å². The van der Waals surface area contributed by atoms with Gasteiger partial charge in [0.2, 0.25) is 10.0 Å². The maximum Gasteiger partial charge on any atom is 0.216 e. The molecule has 1 aliphatic rings. The van der Waals surface area contributed by atoms with Gasteiger partial charge in [-0.15, -0.1) is 24.0 Å². The van der Waals surface area contributed by atoms with E-state index in [4.69, 9.17) is 9.84 Å². The Hall–Kier alpha value is -0.170. The Bertz CT molecular complexity index is 465. The van der Waals surface area contributed by atoms with Gasteiger partial charge >= 0.3 is 0 Å². The number of nitrogens with zero attached hydrogens (tertiary/aromatic N) is 3. The van der Waals surface area contributed by atoms with Gasteiger partial charge in [-0.25, -0.2) is 8.42 Å². The number of hydrogen-bond acceptors (Lipinski definition) is 5. The zero-order chi connectivity index (χ0) is 17.3. The van der Waals surface area contributed by atoms with Crippen LogP contribution in [0.25, 0.3) is 0 Å². The van der Waals surface area contributed by atoms with Crippen molar-refractivity contribution in [3.63, 3.8) is 0 Å². The van der Waals surface area contributed by atoms with Crippen molar-refractivity contribution >= 4 is 40.0 Å². The van der Waals surface area contributed by atoms with Crippen LogP contribution in [0.5, 0.6) is 0 Å². The van der Waals surface area contributed by atoms with Crippen molar-refractivity contribution in [2.75, 3.05) is 58.2 Å². The molecule has 0 amide bonds. The van der Waals surface area contributed by atoms with E-state index in [1.54, 1.807) is 0 Å². The van der Waals surface area contributed by atoms with Crippen LogP contribution < -0.4 is 5.32 Å². The Labute approximate surface area is 162 Å². The number of sulfonamides is 1. The molecule has 0 bridgehead atoms. The van der Waals surface area contributed by atoms with Gasteiger partial charge in [-0.2, -0.15) is 4.31 Å². The van der Waals surface area contributed by atoms with Crippen LogP contribution in [0, 0.1) is 0 Å². The van der Waals surface area contributed by atoms with Crippen LogP contribution in [0.15, 0.2) is 4.99 Å². The van der Waals surface area contributed by atoms with Gasteiger partial charge in [-0.1, -0.05) is 0 Å². The van der Waals surface area contributed by atoms with E-state index in [0.29, 0.717) is 32.7 Å². The second-order valence-electron chi connectivity index (χ2n) is 5.58. The molecule has 1 rings (SSSR count). The molecule has 0 aromatic heterocycles. The van der Waals surface area contributed by atoms with Crippen LogP contribution >= 0.6 is 24.0 Å². The molecule has 0 spiro atoms. The molecular weight excluding hydrogens is 447 g/mol. The second-order valence-corrected chi connectivity index (χ2v) is 7.67. The van der Waals surface area contributed by atoms with E-state index in [-0.39, 0.29) is 49.0 Å². The van der Waals surface area contributed by atoms with Gasteiger partial charge in [0, 0.05) is 32.7 Å². The Morgan fingerprint density at radius 3 is 2.42 bits per heavy atom. The smallest absolute Gasteiger partial charge is 0.216 e. The van der Waals surface area contributed by atoms with Crippen LogP contribution in [-0.2, 0) is 14.8 Å². The number of halogens is 1. The molecular formula is C14H31IN4O4S. The van der Waals surface area contributed by atoms with Crippen molar-refractivity contribution in [2.24, 2.45) is 4.99 Å². The number of hydrogen-bond donors (Lipinski definition) is 2. The molecule has 0 unspecified atom stereocenters. The van der Waals surface area contributed by atoms with Gasteiger partial charge in [0.1, 0.15) is 0 Å². The molecule has 10 heteroatoms. The van der Waals surface area contributed by atoms with E-state index in [0.717, 1.165) is 12.5 Å². The van der Waals surface area contributed by atoms with Crippen molar-refractivity contribution in [1.82, 2.24) is 14.5 Å². The highest BCUT2D eigenvalue weighted by atomic mass is 127. The summed E-state index contributed by atoms with van der Waals surface area (Å²) in [6.07, 6.45) is 0.0347. The number of nitrogens with one attached hydrogen (secondary N) is 1. The third-order valence-electron chi connectivity index (χ3n) is 3.42. The minimum atomic E-state index is -3.28. The first-order chi connectivity index (χ1) is 10.9. The van der Waals surface area contributed by atoms with Crippen LogP contribution in [0.3, 0.4) is 0 Å². The predicted octanol–water partition coefficient (Wildman–Crippen LogP) is -0.0654. The van der Waals surface area contributed by atoms with Gasteiger partial charge in [0.25, 0.3) is 0 Å². The lowest BCUT2D eigenvalue weighted by Gasteiger charge is -2.35. The second kappa shape index (κ2) is 12.2. The summed E-state index contributed by atoms with van der Waals surface area (Å²) in [4.78, 5) is 6.33. The van der Waals surface area contributed by atoms with E-state index in [1.807, 2.05) is 25.7 Å². The van der Waals surface area contributed by atoms with Crippen LogP contribution in [0.1, 0.15) is 20.8 Å². The standard InChI is InChI=1S/C14H30N4O4S.HI/c1-4-15-14(16-5-10-19)17-6-8-18(9-7-17)23(20,21)12-11-22-13(2)3;/h13,19H,4-12H2,1-3H3,(H,15,16);1H. The molecule has 0 aromatic carbocycles. The highest BCUT2D eigenvalue weighted by Gasteiger charge is 2.27. The van der Waals surface area contributed by atoms with Gasteiger partial charge < -0.3 is 20.1 Å². The fraction of sp³-hybridized carbons (Fsp3) is 0.929. The Morgan fingerprint density at radius 2 is 1.92 bits per heavy atom. The van der Waals surface area contributed by atoms with E-state index in [1.165, 1.54) is 4.31 Å². The molecule has 0 radical (unpaired) electrons. The first-order valence-corrected chi connectivity index (χ1v) is 9.75. The number of guanidine groups is 1. The van der Waals surface area contributed by atoms with E-state index >= 15 is 0 Å². The largest absolute Gasteiger partial charge is 0.394 e. The predicted molar refractivity (Wildman–Crippen MR) is 107 cm³/mol. The summed E-state index contributed by atoms with van der Waals surface area (Å²) in [5.41, 5.74) is 0. The average Bonchev–Trinajstić information content (AvgIpc) is 2.51. The molecule has 144 valence electrons. The molecule has 0 aliphatic carbocycles. The summed E-state index contributed by atoms with van der Waals surface area (Å²) in [5.74, 6) is 0.742. The molecule has 0 saturated carbocycles. The molecule has 24 heavy (non-hydrogen) atoms. The highest BCUT2D eigenvalue weighted by molar-refractivity contribution is 14.0. The fourth-order valence-electron chi connectivity index (χ4n) is 2.28. The Balaban J connectivity index is 0.00000529. The van der Waals surface area contributed by atoms with Crippen molar-refractivity contribution in [2.45, 2.75) is 26.9 Å². The summed E-state index contributed by atoms with van der Waals surface area (Å²) in [6, 6.07) is 0. The molecule has 8 nitrogen and oxygen atoms in total. The molecule has 2 N–H and O–H groups in total. The van der Waals surface area contributed by atoms with E-state index in [9.17, 15) is 8.42 Å². The third kappa shape index (κ3) is 8.28. The maximum absolute atomic E-state index is 12.3. The van der Waals surface area contributed by atoms with Crippen LogP contribution in [0.2, 0.25) is 0 Å². The quantitative estimate of drug-likeness (QED) is 0.288. The van der Waals surface area contributed by atoms with Gasteiger partial charge in [0.05, 0.1) is 31.6 Å². The van der Waals surface area contributed by atoms with Crippen LogP contribution in [-0.4, -0.2) is 93.0 Å². The summed E-state index contributed by atoms with van der Waals surface area (Å²) in [6.45, 7) is 9.09. The lowest BCUT2D eigenvalue weighted by Crippen LogP contribution is -2.54. The minimum absolute atomic E-state index is 0. The van der Waals surface area contributed by atoms with Gasteiger partial charge in [0.15, 0.2) is 5.96 Å². The fourth-order valence-corrected chi connectivity index (χ4v) is 3.56. The summed E-state index contributed by atoms with van der Waals surface area (Å²) in [5, 5.41) is 12.1. The summed E-state index contributed by atoms with van der Waals surface area (Å²) < 4.78 is 31.4. The molecule has 1 heterocycles. The number of aliphatic hydroxyl groups is 1. The minimum Gasteiger partial charge on any atom is -0.394 e. The zero-order valence-corrected chi connectivity index (χ0v) is 17.9. The first-order valence-electron chi connectivity index (χ1n) is 8.14. The Morgan fingerprint density at radius 1 is 1.29 bits per heavy atom. The van der Waals surface area contributed by atoms with Gasteiger partial charge in [-0.3, -0.25) is 4.99 Å². The van der Waals surface area contributed by atoms with E-state index in [2.05, 4.69) is 10.3 Å². The monoisotopic (exact) mass is 478 g/mol. The molecule has 1 saturated heterocycles. The number of rotatable bonds is 8. The van der Waals surface area contributed by atoms with Crippen molar-refractivity contribution in [1.29, 1.82) is 0 Å². The van der Waals surface area contributed by atoms with Crippen LogP contribution in [0.4, 0.5) is 0 Å². The lowest BCUT2D eigenvalue weighted by molar-refractivity contribution is 0.0904. The molecule has 1 fully saturated rings. The normalized spacial score (nSPS) is 17.0. The molecule has 0 atom stereocenters. The van der Waals surface area contributed by atoms with Crippen molar-refractivity contribution in [3.05, 3.63) is 0 Å². The Kier molecular flexibility index (Phi) is 12.1. The number of aliphatic hydroxyl groups excluding tert-OH is 1. The number of piperazine rings is 1. The average molecular weight is 478 g/mol. The molecule has 1 aliphatic heterocycles. The number of ether oxygens (including phenoxy) is 1. The lowest BCUT2D eigenvalue weighted by atomic mass is 10.4. The zero-order valence-electron chi connectivity index (χ0n) is 14.8. The summed E-state index contributed by atoms with van der Waals surface area (Å²) >= 11 is 0. The summed E-state index contributed by atoms with van der Waals surface area (Å²) in [7, 11) is -3.28. The first kappa shape index (κ1) is 23.8. The van der Waals surface area contributed by atoms with Gasteiger partial charge in [-0.05, 0) is 20.8 Å². The topological polar surface area (TPSA) is 94.5 Å². The number of aliphatic imine (C=N–C) groups is 1. The SMILES string of the molecule is CCNC(=NCCO)N1CCN(S(=O)(=O)CCOC(C)C)CC1.I. The maximum atomic E-state index is 12.3. The third-order valence-corrected chi connectivity index (χ3v) is 5.26. The van der Waals surface area contributed by atoms with E-state index < -0.39 is 10.0 Å². The highest BCUT2D eigenvalue weighted by Crippen LogP contribution is 2.09. The van der Waals surface area contributed by atoms with Crippen molar-refractivity contribution in [3.8, 4) is 0 Å². The molecule has 0 aromatic rings.